The third-order valence-electron chi connectivity index (χ3n) is 8.09. The summed E-state index contributed by atoms with van der Waals surface area (Å²) in [4.78, 5) is 45.3. The Balaban J connectivity index is 0.00000370. The second-order valence-corrected chi connectivity index (χ2v) is 11.7. The van der Waals surface area contributed by atoms with E-state index in [4.69, 9.17) is 11.5 Å². The average molecular weight is 573 g/mol. The minimum Gasteiger partial charge on any atom is -0.338 e. The number of piperazine rings is 1. The van der Waals surface area contributed by atoms with Gasteiger partial charge < -0.3 is 26.6 Å². The molecule has 3 atom stereocenters. The van der Waals surface area contributed by atoms with E-state index in [0.29, 0.717) is 44.3 Å². The molecule has 3 amide bonds. The summed E-state index contributed by atoms with van der Waals surface area (Å²) in [6, 6.07) is 8.71. The maximum absolute atomic E-state index is 12.9. The van der Waals surface area contributed by atoms with Crippen molar-refractivity contribution >= 4 is 30.2 Å². The van der Waals surface area contributed by atoms with Crippen LogP contribution in [0.1, 0.15) is 50.7 Å². The number of fused-ring (bicyclic) bond motifs is 1. The second kappa shape index (κ2) is 12.3. The van der Waals surface area contributed by atoms with Crippen LogP contribution >= 0.6 is 12.4 Å². The van der Waals surface area contributed by atoms with E-state index in [1.807, 2.05) is 6.07 Å². The van der Waals surface area contributed by atoms with Gasteiger partial charge in [-0.2, -0.15) is 4.98 Å². The average Bonchev–Trinajstić information content (AvgIpc) is 3.32. The van der Waals surface area contributed by atoms with Crippen LogP contribution in [0.5, 0.6) is 0 Å². The molecule has 0 radical (unpaired) electrons. The number of carbonyl (C=O) groups excluding carboxylic acids is 2. The number of nitrogens with two attached hydrogens (primary N) is 2. The smallest absolute Gasteiger partial charge is 0.338 e. The lowest BCUT2D eigenvalue weighted by atomic mass is 9.87. The summed E-state index contributed by atoms with van der Waals surface area (Å²) in [5, 5.41) is 6.51. The van der Waals surface area contributed by atoms with Crippen molar-refractivity contribution in [2.24, 2.45) is 11.5 Å². The Bertz CT molecular complexity index is 1290. The zero-order chi connectivity index (χ0) is 27.7. The lowest BCUT2D eigenvalue weighted by molar-refractivity contribution is -0.137. The minimum atomic E-state index is -0.944. The molecule has 2 aromatic rings. The van der Waals surface area contributed by atoms with Gasteiger partial charge in [-0.25, -0.2) is 9.59 Å². The number of urea groups is 1. The van der Waals surface area contributed by atoms with E-state index in [9.17, 15) is 14.4 Å². The summed E-state index contributed by atoms with van der Waals surface area (Å²) < 4.78 is 1.50. The van der Waals surface area contributed by atoms with E-state index >= 15 is 0 Å². The van der Waals surface area contributed by atoms with Gasteiger partial charge in [-0.15, -0.1) is 12.4 Å². The van der Waals surface area contributed by atoms with Crippen LogP contribution in [0.3, 0.4) is 0 Å². The van der Waals surface area contributed by atoms with Crippen molar-refractivity contribution in [3.63, 3.8) is 0 Å². The Hall–Kier alpha value is -2.99. The fraction of sp³-hybridized carbons (Fsp3) is 0.571. The number of rotatable bonds is 5. The molecule has 11 nitrogen and oxygen atoms in total. The summed E-state index contributed by atoms with van der Waals surface area (Å²) >= 11 is 0. The summed E-state index contributed by atoms with van der Waals surface area (Å²) in [5.74, 6) is 0.0575. The van der Waals surface area contributed by atoms with Crippen molar-refractivity contribution in [1.82, 2.24) is 24.7 Å². The van der Waals surface area contributed by atoms with Crippen molar-refractivity contribution in [3.8, 4) is 5.69 Å². The van der Waals surface area contributed by atoms with Crippen LogP contribution in [0.2, 0.25) is 0 Å². The number of hydrogen-bond acceptors (Lipinski definition) is 7. The second-order valence-electron chi connectivity index (χ2n) is 11.7. The zero-order valence-corrected chi connectivity index (χ0v) is 24.1. The van der Waals surface area contributed by atoms with Crippen molar-refractivity contribution in [3.05, 3.63) is 52.1 Å². The quantitative estimate of drug-likeness (QED) is 0.422. The largest absolute Gasteiger partial charge is 0.354 e. The van der Waals surface area contributed by atoms with Gasteiger partial charge in [0, 0.05) is 50.5 Å². The van der Waals surface area contributed by atoms with Crippen molar-refractivity contribution in [1.29, 1.82) is 0 Å². The van der Waals surface area contributed by atoms with Crippen LogP contribution < -0.4 is 27.8 Å². The number of aryl methyl sites for hydroxylation is 1. The molecule has 5 rings (SSSR count). The summed E-state index contributed by atoms with van der Waals surface area (Å²) in [5.41, 5.74) is 13.9. The number of halogens is 1. The van der Waals surface area contributed by atoms with E-state index in [2.05, 4.69) is 27.8 Å². The lowest BCUT2D eigenvalue weighted by Crippen LogP contribution is -2.58. The fourth-order valence-electron chi connectivity index (χ4n) is 5.91. The molecule has 0 bridgehead atoms. The van der Waals surface area contributed by atoms with E-state index in [0.717, 1.165) is 44.2 Å². The molecule has 1 aromatic carbocycles. The number of nitrogens with one attached hydrogen (secondary N) is 2. The van der Waals surface area contributed by atoms with Crippen LogP contribution in [-0.4, -0.2) is 81.1 Å². The third-order valence-corrected chi connectivity index (χ3v) is 8.09. The number of benzene rings is 1. The molecule has 0 spiro atoms. The van der Waals surface area contributed by atoms with Gasteiger partial charge in [0.2, 0.25) is 5.91 Å². The molecule has 1 saturated carbocycles. The molecular weight excluding hydrogens is 532 g/mol. The van der Waals surface area contributed by atoms with Crippen molar-refractivity contribution in [2.45, 2.75) is 76.0 Å². The van der Waals surface area contributed by atoms with Crippen molar-refractivity contribution < 1.29 is 9.59 Å². The first-order chi connectivity index (χ1) is 18.6. The maximum Gasteiger partial charge on any atom is 0.354 e. The van der Waals surface area contributed by atoms with Crippen LogP contribution in [0.15, 0.2) is 35.3 Å². The van der Waals surface area contributed by atoms with Gasteiger partial charge in [0.05, 0.1) is 11.2 Å². The topological polar surface area (TPSA) is 152 Å². The van der Waals surface area contributed by atoms with E-state index in [-0.39, 0.29) is 30.2 Å². The minimum absolute atomic E-state index is 0. The van der Waals surface area contributed by atoms with Crippen molar-refractivity contribution in [2.75, 3.05) is 31.5 Å². The normalized spacial score (nSPS) is 22.9. The molecule has 1 aromatic heterocycles. The highest BCUT2D eigenvalue weighted by molar-refractivity contribution is 5.89. The van der Waals surface area contributed by atoms with Crippen LogP contribution in [0.25, 0.3) is 5.69 Å². The van der Waals surface area contributed by atoms with Gasteiger partial charge in [-0.05, 0) is 81.7 Å². The summed E-state index contributed by atoms with van der Waals surface area (Å²) in [6.45, 7) is 4.92. The van der Waals surface area contributed by atoms with Gasteiger partial charge in [0.25, 0.3) is 0 Å². The predicted octanol–water partition coefficient (Wildman–Crippen LogP) is 1.39. The first-order valence-corrected chi connectivity index (χ1v) is 13.9. The molecule has 12 heteroatoms. The third kappa shape index (κ3) is 6.83. The number of nitrogens with zero attached hydrogens (tertiary/aromatic N) is 4. The number of anilines is 1. The van der Waals surface area contributed by atoms with Crippen LogP contribution in [0, 0.1) is 0 Å². The van der Waals surface area contributed by atoms with Gasteiger partial charge >= 0.3 is 11.7 Å². The highest BCUT2D eigenvalue weighted by atomic mass is 35.5. The Morgan fingerprint density at radius 1 is 1.00 bits per heavy atom. The number of hydrogen-bond donors (Lipinski definition) is 4. The van der Waals surface area contributed by atoms with E-state index in [1.54, 1.807) is 35.9 Å². The van der Waals surface area contributed by atoms with E-state index in [1.165, 1.54) is 15.7 Å². The Kier molecular flexibility index (Phi) is 9.19. The molecule has 1 unspecified atom stereocenters. The molecule has 218 valence electrons. The molecule has 1 saturated heterocycles. The molecule has 2 heterocycles. The molecule has 6 N–H and O–H groups in total. The molecule has 40 heavy (non-hydrogen) atoms. The van der Waals surface area contributed by atoms with Gasteiger partial charge in [0.15, 0.2) is 0 Å². The highest BCUT2D eigenvalue weighted by Gasteiger charge is 2.31. The van der Waals surface area contributed by atoms with Gasteiger partial charge in [-0.1, -0.05) is 6.07 Å². The standard InChI is InChI=1S/C28H40N8O3.ClH/c1-28(2,30)25(37)34-11-13-35(14-12-34)26(38)32-24-9-10-36(27(39)33-24)23-8-4-18-15-21(6-3-19(18)16-23)31-22-7-5-20(29)17-22;/h4,8-10,16,20-22,31H,3,5-7,11-15,17,29-30H2,1-2H3,(H,32,33,38,39);1H/t20-,21?,22-;/m0./s1. The Morgan fingerprint density at radius 3 is 2.38 bits per heavy atom. The molecular formula is C28H41ClN8O3. The van der Waals surface area contributed by atoms with Gasteiger partial charge in [0.1, 0.15) is 5.82 Å². The highest BCUT2D eigenvalue weighted by Crippen LogP contribution is 2.26. The molecule has 1 aliphatic heterocycles. The summed E-state index contributed by atoms with van der Waals surface area (Å²) in [7, 11) is 0. The van der Waals surface area contributed by atoms with Crippen LogP contribution in [0.4, 0.5) is 10.6 Å². The fourth-order valence-corrected chi connectivity index (χ4v) is 5.91. The zero-order valence-electron chi connectivity index (χ0n) is 23.3. The molecule has 3 aliphatic rings. The predicted molar refractivity (Wildman–Crippen MR) is 157 cm³/mol. The van der Waals surface area contributed by atoms with Gasteiger partial charge in [-0.3, -0.25) is 14.7 Å². The first-order valence-electron chi connectivity index (χ1n) is 13.9. The molecule has 2 fully saturated rings. The molecule has 2 aliphatic carbocycles. The monoisotopic (exact) mass is 572 g/mol. The Morgan fingerprint density at radius 2 is 1.73 bits per heavy atom. The SMILES string of the molecule is CC(C)(N)C(=O)N1CCN(C(=O)Nc2ccn(-c3ccc4c(c3)CCC(N[C@H]3CC[C@H](N)C3)C4)c(=O)n2)CC1.Cl. The van der Waals surface area contributed by atoms with E-state index < -0.39 is 11.2 Å². The maximum atomic E-state index is 12.9. The number of carbonyl (C=O) groups is 2. The summed E-state index contributed by atoms with van der Waals surface area (Å²) in [6.07, 6.45) is 7.95. The number of amides is 3. The van der Waals surface area contributed by atoms with Crippen LogP contribution in [-0.2, 0) is 17.6 Å². The number of aromatic nitrogens is 2. The Labute approximate surface area is 241 Å². The lowest BCUT2D eigenvalue weighted by Gasteiger charge is -2.37. The first kappa shape index (κ1) is 30.0.